The van der Waals surface area contributed by atoms with Crippen LogP contribution in [-0.4, -0.2) is 36.1 Å². The van der Waals surface area contributed by atoms with Crippen LogP contribution in [0.4, 0.5) is 0 Å². The van der Waals surface area contributed by atoms with Crippen molar-refractivity contribution in [2.24, 2.45) is 5.92 Å². The van der Waals surface area contributed by atoms with Gasteiger partial charge >= 0.3 is 0 Å². The Morgan fingerprint density at radius 2 is 2.08 bits per heavy atom. The lowest BCUT2D eigenvalue weighted by atomic mass is 10.1. The van der Waals surface area contributed by atoms with Crippen LogP contribution in [0.15, 0.2) is 0 Å². The number of piperidine rings is 1. The largest absolute Gasteiger partial charge is 0.368 e. The molecule has 66 valence electrons. The van der Waals surface area contributed by atoms with E-state index < -0.39 is 0 Å². The van der Waals surface area contributed by atoms with E-state index in [1.165, 1.54) is 0 Å². The number of nitrogens with zero attached hydrogens (tertiary/aromatic N) is 1. The minimum atomic E-state index is 0.375. The number of hydrogen-bond donors (Lipinski definition) is 0. The van der Waals surface area contributed by atoms with Crippen LogP contribution in [0.3, 0.4) is 0 Å². The van der Waals surface area contributed by atoms with Gasteiger partial charge in [-0.05, 0) is 19.3 Å². The first-order valence-corrected chi connectivity index (χ1v) is 4.79. The van der Waals surface area contributed by atoms with E-state index in [1.54, 1.807) is 0 Å². The van der Waals surface area contributed by atoms with Gasteiger partial charge in [0.05, 0.1) is 6.10 Å². The van der Waals surface area contributed by atoms with Crippen molar-refractivity contribution in [1.29, 1.82) is 0 Å². The second kappa shape index (κ2) is 2.22. The van der Waals surface area contributed by atoms with Gasteiger partial charge in [-0.2, -0.15) is 0 Å². The van der Waals surface area contributed by atoms with Crippen LogP contribution in [0, 0.1) is 5.92 Å². The van der Waals surface area contributed by atoms with E-state index in [1.807, 2.05) is 4.90 Å². The van der Waals surface area contributed by atoms with Gasteiger partial charge in [-0.15, -0.1) is 0 Å². The minimum Gasteiger partial charge on any atom is -0.368 e. The summed E-state index contributed by atoms with van der Waals surface area (Å²) in [5.74, 6) is 0.754. The van der Waals surface area contributed by atoms with Crippen molar-refractivity contribution in [3.63, 3.8) is 0 Å². The molecule has 1 aliphatic carbocycles. The van der Waals surface area contributed by atoms with Crippen molar-refractivity contribution >= 4 is 5.91 Å². The SMILES string of the molecule is O=C(C1CC1)N1CC[C@@H]2O[C@H]2C1. The summed E-state index contributed by atoms with van der Waals surface area (Å²) in [4.78, 5) is 13.6. The highest BCUT2D eigenvalue weighted by Gasteiger charge is 2.46. The zero-order valence-corrected chi connectivity index (χ0v) is 7.03. The van der Waals surface area contributed by atoms with Crippen LogP contribution in [0.2, 0.25) is 0 Å². The molecule has 0 unspecified atom stereocenters. The molecule has 0 aromatic heterocycles. The summed E-state index contributed by atoms with van der Waals surface area (Å²) in [7, 11) is 0. The maximum Gasteiger partial charge on any atom is 0.225 e. The third kappa shape index (κ3) is 1.04. The lowest BCUT2D eigenvalue weighted by molar-refractivity contribution is -0.133. The number of epoxide rings is 1. The number of ether oxygens (including phenoxy) is 1. The number of fused-ring (bicyclic) bond motifs is 1. The van der Waals surface area contributed by atoms with E-state index in [0.29, 0.717) is 24.0 Å². The molecule has 2 aliphatic heterocycles. The van der Waals surface area contributed by atoms with Crippen molar-refractivity contribution < 1.29 is 9.53 Å². The lowest BCUT2D eigenvalue weighted by Gasteiger charge is -2.24. The molecule has 12 heavy (non-hydrogen) atoms. The summed E-state index contributed by atoms with van der Waals surface area (Å²) in [6.45, 7) is 1.79. The molecular formula is C9H13NO2. The Balaban J connectivity index is 1.63. The molecule has 0 N–H and O–H groups in total. The van der Waals surface area contributed by atoms with Crippen molar-refractivity contribution in [2.45, 2.75) is 31.5 Å². The van der Waals surface area contributed by atoms with Crippen LogP contribution in [0.25, 0.3) is 0 Å². The van der Waals surface area contributed by atoms with Gasteiger partial charge in [-0.25, -0.2) is 0 Å². The maximum atomic E-state index is 11.6. The van der Waals surface area contributed by atoms with Crippen LogP contribution < -0.4 is 0 Å². The second-order valence-corrected chi connectivity index (χ2v) is 4.06. The average molecular weight is 167 g/mol. The Kier molecular flexibility index (Phi) is 1.28. The van der Waals surface area contributed by atoms with Gasteiger partial charge in [-0.1, -0.05) is 0 Å². The third-order valence-corrected chi connectivity index (χ3v) is 3.01. The monoisotopic (exact) mass is 167 g/mol. The van der Waals surface area contributed by atoms with Gasteiger partial charge in [0.1, 0.15) is 6.10 Å². The number of hydrogen-bond acceptors (Lipinski definition) is 2. The summed E-state index contributed by atoms with van der Waals surface area (Å²) >= 11 is 0. The molecule has 3 rings (SSSR count). The molecule has 0 radical (unpaired) electrons. The number of carbonyl (C=O) groups excluding carboxylic acids is 1. The smallest absolute Gasteiger partial charge is 0.225 e. The van der Waals surface area contributed by atoms with E-state index in [2.05, 4.69) is 0 Å². The average Bonchev–Trinajstić information content (AvgIpc) is 2.96. The lowest BCUT2D eigenvalue weighted by Crippen LogP contribution is -2.40. The molecule has 2 heterocycles. The predicted molar refractivity (Wildman–Crippen MR) is 42.6 cm³/mol. The summed E-state index contributed by atoms with van der Waals surface area (Å²) in [6, 6.07) is 0. The molecule has 0 bridgehead atoms. The zero-order chi connectivity index (χ0) is 8.13. The molecule has 3 heteroatoms. The highest BCUT2D eigenvalue weighted by atomic mass is 16.6. The van der Waals surface area contributed by atoms with Crippen LogP contribution >= 0.6 is 0 Å². The summed E-state index contributed by atoms with van der Waals surface area (Å²) in [6.07, 6.45) is 4.17. The molecule has 3 nitrogen and oxygen atoms in total. The molecule has 0 aromatic rings. The van der Waals surface area contributed by atoms with E-state index in [9.17, 15) is 4.79 Å². The molecule has 3 fully saturated rings. The van der Waals surface area contributed by atoms with Gasteiger partial charge in [0.2, 0.25) is 5.91 Å². The maximum absolute atomic E-state index is 11.6. The van der Waals surface area contributed by atoms with Crippen molar-refractivity contribution in [2.75, 3.05) is 13.1 Å². The molecule has 1 amide bonds. The first-order valence-electron chi connectivity index (χ1n) is 4.79. The molecule has 3 aliphatic rings. The molecule has 1 saturated carbocycles. The zero-order valence-electron chi connectivity index (χ0n) is 7.03. The topological polar surface area (TPSA) is 32.8 Å². The first kappa shape index (κ1) is 6.89. The van der Waals surface area contributed by atoms with Gasteiger partial charge in [-0.3, -0.25) is 4.79 Å². The summed E-state index contributed by atoms with van der Waals surface area (Å²) in [5, 5.41) is 0. The third-order valence-electron chi connectivity index (χ3n) is 3.01. The summed E-state index contributed by atoms with van der Waals surface area (Å²) in [5.41, 5.74) is 0. The molecule has 0 spiro atoms. The van der Waals surface area contributed by atoms with Crippen molar-refractivity contribution in [1.82, 2.24) is 4.90 Å². The number of amides is 1. The number of rotatable bonds is 1. The normalized spacial score (nSPS) is 39.2. The Bertz CT molecular complexity index is 225. The predicted octanol–water partition coefficient (Wildman–Crippen LogP) is 0.396. The Morgan fingerprint density at radius 1 is 1.25 bits per heavy atom. The Hall–Kier alpha value is -0.570. The number of carbonyl (C=O) groups is 1. The molecule has 2 atom stereocenters. The van der Waals surface area contributed by atoms with Crippen LogP contribution in [0.1, 0.15) is 19.3 Å². The quantitative estimate of drug-likeness (QED) is 0.529. The highest BCUT2D eigenvalue weighted by molar-refractivity contribution is 5.81. The van der Waals surface area contributed by atoms with Gasteiger partial charge in [0.25, 0.3) is 0 Å². The van der Waals surface area contributed by atoms with Crippen LogP contribution in [0.5, 0.6) is 0 Å². The second-order valence-electron chi connectivity index (χ2n) is 4.06. The van der Waals surface area contributed by atoms with Gasteiger partial charge < -0.3 is 9.64 Å². The highest BCUT2D eigenvalue weighted by Crippen LogP contribution is 2.35. The first-order chi connectivity index (χ1) is 5.84. The molecular weight excluding hydrogens is 154 g/mol. The molecule has 2 saturated heterocycles. The van der Waals surface area contributed by atoms with Gasteiger partial charge in [0, 0.05) is 19.0 Å². The Labute approximate surface area is 71.7 Å². The fourth-order valence-corrected chi connectivity index (χ4v) is 1.97. The van der Waals surface area contributed by atoms with Crippen molar-refractivity contribution in [3.05, 3.63) is 0 Å². The standard InChI is InChI=1S/C9H13NO2/c11-9(6-1-2-6)10-4-3-7-8(5-10)12-7/h6-8H,1-5H2/t7-,8-/m0/s1. The summed E-state index contributed by atoms with van der Waals surface area (Å²) < 4.78 is 5.36. The fourth-order valence-electron chi connectivity index (χ4n) is 1.97. The van der Waals surface area contributed by atoms with E-state index >= 15 is 0 Å². The van der Waals surface area contributed by atoms with Crippen LogP contribution in [-0.2, 0) is 9.53 Å². The van der Waals surface area contributed by atoms with Crippen molar-refractivity contribution in [3.8, 4) is 0 Å². The van der Waals surface area contributed by atoms with Gasteiger partial charge in [0.15, 0.2) is 0 Å². The van der Waals surface area contributed by atoms with E-state index in [4.69, 9.17) is 4.74 Å². The van der Waals surface area contributed by atoms with E-state index in [0.717, 1.165) is 32.4 Å². The minimum absolute atomic E-state index is 0.375. The molecule has 0 aromatic carbocycles. The fraction of sp³-hybridized carbons (Fsp3) is 0.889. The van der Waals surface area contributed by atoms with E-state index in [-0.39, 0.29) is 0 Å². The number of likely N-dealkylation sites (tertiary alicyclic amines) is 1. The Morgan fingerprint density at radius 3 is 2.75 bits per heavy atom.